The van der Waals surface area contributed by atoms with Gasteiger partial charge in [0, 0.05) is 12.5 Å². The Balaban J connectivity index is 0.000000275. The van der Waals surface area contributed by atoms with E-state index in [2.05, 4.69) is 29.6 Å². The van der Waals surface area contributed by atoms with Crippen LogP contribution in [0.4, 0.5) is 4.79 Å². The highest BCUT2D eigenvalue weighted by molar-refractivity contribution is 6.65. The van der Waals surface area contributed by atoms with Crippen LogP contribution >= 0.6 is 23.2 Å². The summed E-state index contributed by atoms with van der Waals surface area (Å²) < 4.78 is 5.58. The van der Waals surface area contributed by atoms with Crippen LogP contribution in [0.3, 0.4) is 0 Å². The molecule has 0 radical (unpaired) electrons. The second-order valence-corrected chi connectivity index (χ2v) is 9.16. The number of nitrogens with one attached hydrogen (secondary N) is 1. The minimum Gasteiger partial charge on any atom is -0.448 e. The number of carbonyl (C=O) groups is 3. The van der Waals surface area contributed by atoms with Crippen molar-refractivity contribution in [2.45, 2.75) is 43.7 Å². The molecule has 1 N–H and O–H groups in total. The highest BCUT2D eigenvalue weighted by Gasteiger charge is 2.35. The third-order valence-corrected chi connectivity index (χ3v) is 6.93. The van der Waals surface area contributed by atoms with Crippen LogP contribution in [-0.2, 0) is 14.3 Å². The van der Waals surface area contributed by atoms with Crippen LogP contribution in [0.15, 0.2) is 48.5 Å². The van der Waals surface area contributed by atoms with Gasteiger partial charge in [0.2, 0.25) is 10.5 Å². The van der Waals surface area contributed by atoms with E-state index in [1.807, 2.05) is 24.3 Å². The lowest BCUT2D eigenvalue weighted by atomic mass is 9.98. The summed E-state index contributed by atoms with van der Waals surface area (Å²) in [6.07, 6.45) is 2.89. The van der Waals surface area contributed by atoms with Crippen molar-refractivity contribution in [1.29, 1.82) is 0 Å². The van der Waals surface area contributed by atoms with Gasteiger partial charge in [-0.25, -0.2) is 4.79 Å². The molecular formula is C25H26Cl2N2O4. The zero-order valence-corrected chi connectivity index (χ0v) is 19.6. The van der Waals surface area contributed by atoms with Gasteiger partial charge in [0.05, 0.1) is 6.04 Å². The number of hydrogen-bond acceptors (Lipinski definition) is 5. The summed E-state index contributed by atoms with van der Waals surface area (Å²) in [5.41, 5.74) is 4.72. The van der Waals surface area contributed by atoms with E-state index in [4.69, 9.17) is 27.9 Å². The van der Waals surface area contributed by atoms with Gasteiger partial charge in [0.15, 0.2) is 0 Å². The Morgan fingerprint density at radius 2 is 1.55 bits per heavy atom. The van der Waals surface area contributed by atoms with Crippen molar-refractivity contribution >= 4 is 39.8 Å². The van der Waals surface area contributed by atoms with Crippen molar-refractivity contribution in [3.05, 3.63) is 59.7 Å². The molecule has 2 aromatic carbocycles. The molecule has 33 heavy (non-hydrogen) atoms. The minimum atomic E-state index is -0.558. The zero-order valence-electron chi connectivity index (χ0n) is 18.1. The van der Waals surface area contributed by atoms with Crippen molar-refractivity contribution in [3.8, 4) is 11.1 Å². The van der Waals surface area contributed by atoms with Crippen LogP contribution in [0.1, 0.15) is 42.7 Å². The molecule has 6 nitrogen and oxygen atoms in total. The van der Waals surface area contributed by atoms with E-state index in [0.717, 1.165) is 25.8 Å². The molecule has 174 valence electrons. The topological polar surface area (TPSA) is 75.7 Å². The molecule has 5 rings (SSSR count). The first-order valence-corrected chi connectivity index (χ1v) is 12.0. The van der Waals surface area contributed by atoms with Crippen LogP contribution in [-0.4, -0.2) is 53.3 Å². The lowest BCUT2D eigenvalue weighted by Crippen LogP contribution is -2.39. The summed E-state index contributed by atoms with van der Waals surface area (Å²) in [5, 5.41) is 2.23. The smallest absolute Gasteiger partial charge is 0.410 e. The van der Waals surface area contributed by atoms with Gasteiger partial charge in [0.1, 0.15) is 12.6 Å². The van der Waals surface area contributed by atoms with Crippen LogP contribution in [0.2, 0.25) is 0 Å². The number of ether oxygens (including phenoxy) is 1. The Kier molecular flexibility index (Phi) is 7.68. The molecule has 2 atom stereocenters. The second-order valence-electron chi connectivity index (χ2n) is 8.41. The fourth-order valence-electron chi connectivity index (χ4n) is 4.78. The number of hydrogen-bond donors (Lipinski definition) is 1. The summed E-state index contributed by atoms with van der Waals surface area (Å²) >= 11 is 10.8. The van der Waals surface area contributed by atoms with E-state index in [9.17, 15) is 14.4 Å². The zero-order chi connectivity index (χ0) is 23.4. The van der Waals surface area contributed by atoms with Gasteiger partial charge in [-0.15, -0.1) is 0 Å². The van der Waals surface area contributed by atoms with Gasteiger partial charge in [0.25, 0.3) is 0 Å². The third-order valence-electron chi connectivity index (χ3n) is 6.42. The highest BCUT2D eigenvalue weighted by atomic mass is 35.5. The number of carbonyl (C=O) groups excluding carboxylic acids is 3. The lowest BCUT2D eigenvalue weighted by molar-refractivity contribution is -0.115. The fourth-order valence-corrected chi connectivity index (χ4v) is 5.19. The molecule has 8 heteroatoms. The normalized spacial score (nSPS) is 21.1. The molecular weight excluding hydrogens is 463 g/mol. The standard InChI is InChI=1S/C20H18ClNO3.C5H8ClNO/c21-19(23)18-10-5-11-22(18)20(24)25-12-17-15-8-3-1-6-13(15)14-7-2-4-9-16(14)17;6-5(8)4-2-1-3-7-4/h1-4,6-9,17-18H,5,10-12H2;4,7H,1-3H2/t18-;4-/m00/s1. The van der Waals surface area contributed by atoms with Crippen molar-refractivity contribution in [1.82, 2.24) is 10.2 Å². The monoisotopic (exact) mass is 488 g/mol. The Hall–Kier alpha value is -2.41. The third kappa shape index (κ3) is 5.24. The van der Waals surface area contributed by atoms with Crippen molar-refractivity contribution in [2.75, 3.05) is 19.7 Å². The molecule has 0 bridgehead atoms. The summed E-state index contributed by atoms with van der Waals surface area (Å²) in [4.78, 5) is 35.7. The van der Waals surface area contributed by atoms with Gasteiger partial charge in [-0.1, -0.05) is 48.5 Å². The number of halogens is 2. The Labute approximate surface area is 203 Å². The first-order valence-electron chi connectivity index (χ1n) is 11.2. The SMILES string of the molecule is O=C(Cl)[C@@H]1CCCN1.O=C(Cl)[C@@H]1CCCN1C(=O)OCC1c2ccccc2-c2ccccc21. The number of likely N-dealkylation sites (tertiary alicyclic amines) is 1. The number of nitrogens with zero attached hydrogens (tertiary/aromatic N) is 1. The van der Waals surface area contributed by atoms with Crippen molar-refractivity contribution in [3.63, 3.8) is 0 Å². The molecule has 1 aliphatic carbocycles. The maximum absolute atomic E-state index is 12.4. The van der Waals surface area contributed by atoms with Gasteiger partial charge >= 0.3 is 6.09 Å². The van der Waals surface area contributed by atoms with Crippen LogP contribution in [0.25, 0.3) is 11.1 Å². The number of rotatable bonds is 4. The van der Waals surface area contributed by atoms with Gasteiger partial charge < -0.3 is 10.1 Å². The molecule has 0 spiro atoms. The van der Waals surface area contributed by atoms with Gasteiger partial charge in [-0.2, -0.15) is 0 Å². The van der Waals surface area contributed by atoms with E-state index in [1.54, 1.807) is 0 Å². The van der Waals surface area contributed by atoms with E-state index < -0.39 is 17.4 Å². The molecule has 3 aliphatic rings. The summed E-state index contributed by atoms with van der Waals surface area (Å²) in [7, 11) is 0. The predicted octanol–water partition coefficient (Wildman–Crippen LogP) is 4.67. The lowest BCUT2D eigenvalue weighted by Gasteiger charge is -2.22. The molecule has 2 saturated heterocycles. The van der Waals surface area contributed by atoms with Crippen LogP contribution in [0.5, 0.6) is 0 Å². The van der Waals surface area contributed by atoms with Crippen LogP contribution in [0, 0.1) is 0 Å². The van der Waals surface area contributed by atoms with Gasteiger partial charge in [-0.3, -0.25) is 14.5 Å². The molecule has 2 aromatic rings. The van der Waals surface area contributed by atoms with E-state index in [1.165, 1.54) is 27.2 Å². The first kappa shape index (κ1) is 23.7. The number of benzene rings is 2. The average molecular weight is 489 g/mol. The molecule has 0 unspecified atom stereocenters. The summed E-state index contributed by atoms with van der Waals surface area (Å²) in [6, 6.07) is 15.8. The van der Waals surface area contributed by atoms with E-state index in [-0.39, 0.29) is 23.8 Å². The molecule has 2 fully saturated rings. The maximum Gasteiger partial charge on any atom is 0.410 e. The number of fused-ring (bicyclic) bond motifs is 3. The molecule has 2 heterocycles. The maximum atomic E-state index is 12.4. The molecule has 2 aliphatic heterocycles. The second kappa shape index (κ2) is 10.7. The first-order chi connectivity index (χ1) is 16.0. The van der Waals surface area contributed by atoms with E-state index >= 15 is 0 Å². The summed E-state index contributed by atoms with van der Waals surface area (Å²) in [6.45, 7) is 1.70. The highest BCUT2D eigenvalue weighted by Crippen LogP contribution is 2.44. The fraction of sp³-hybridized carbons (Fsp3) is 0.400. The predicted molar refractivity (Wildman–Crippen MR) is 128 cm³/mol. The molecule has 1 amide bonds. The quantitative estimate of drug-likeness (QED) is 0.632. The minimum absolute atomic E-state index is 0.0177. The average Bonchev–Trinajstić information content (AvgIpc) is 3.57. The Morgan fingerprint density at radius 1 is 0.909 bits per heavy atom. The molecule has 0 saturated carbocycles. The van der Waals surface area contributed by atoms with Crippen molar-refractivity contribution < 1.29 is 19.1 Å². The summed E-state index contributed by atoms with van der Waals surface area (Å²) in [5.74, 6) is 0.0177. The Morgan fingerprint density at radius 3 is 2.06 bits per heavy atom. The van der Waals surface area contributed by atoms with Crippen LogP contribution < -0.4 is 5.32 Å². The van der Waals surface area contributed by atoms with E-state index in [0.29, 0.717) is 13.0 Å². The Bertz CT molecular complexity index is 993. The van der Waals surface area contributed by atoms with Crippen molar-refractivity contribution in [2.24, 2.45) is 0 Å². The van der Waals surface area contributed by atoms with Gasteiger partial charge in [-0.05, 0) is 77.7 Å². The molecule has 0 aromatic heterocycles. The number of amides is 1. The largest absolute Gasteiger partial charge is 0.448 e.